The second kappa shape index (κ2) is 8.78. The highest BCUT2D eigenvalue weighted by atomic mass is 35.5. The van der Waals surface area contributed by atoms with E-state index in [1.54, 1.807) is 0 Å². The van der Waals surface area contributed by atoms with Gasteiger partial charge in [-0.2, -0.15) is 0 Å². The Morgan fingerprint density at radius 3 is 2.64 bits per heavy atom. The number of methoxy groups -OCH3 is 1. The standard InChI is InChI=1S/C17H22ClNO5S/c1-24-17(21)14(9-10-20)12-7-8-15(18)16(11-12)25(22,23)19-13-5-3-2-4-6-13/h7-8,10-11,13-14,19H,2-6,9H2,1H3. The molecule has 1 aromatic rings. The van der Waals surface area contributed by atoms with Crippen LogP contribution in [0.4, 0.5) is 0 Å². The number of carbonyl (C=O) groups is 2. The number of benzene rings is 1. The lowest BCUT2D eigenvalue weighted by Gasteiger charge is -2.23. The van der Waals surface area contributed by atoms with Crippen LogP contribution in [0.15, 0.2) is 23.1 Å². The van der Waals surface area contributed by atoms with E-state index in [0.29, 0.717) is 11.8 Å². The lowest BCUT2D eigenvalue weighted by molar-refractivity contribution is -0.143. The van der Waals surface area contributed by atoms with Crippen molar-refractivity contribution in [2.45, 2.75) is 55.4 Å². The lowest BCUT2D eigenvalue weighted by atomic mass is 9.96. The maximum Gasteiger partial charge on any atom is 0.313 e. The van der Waals surface area contributed by atoms with Gasteiger partial charge in [0, 0.05) is 12.5 Å². The number of nitrogens with one attached hydrogen (secondary N) is 1. The van der Waals surface area contributed by atoms with Crippen molar-refractivity contribution in [2.75, 3.05) is 7.11 Å². The zero-order valence-electron chi connectivity index (χ0n) is 14.0. The molecule has 1 fully saturated rings. The van der Waals surface area contributed by atoms with Crippen LogP contribution in [0.2, 0.25) is 5.02 Å². The molecule has 138 valence electrons. The Kier molecular flexibility index (Phi) is 6.98. The number of hydrogen-bond acceptors (Lipinski definition) is 5. The van der Waals surface area contributed by atoms with E-state index in [-0.39, 0.29) is 22.4 Å². The van der Waals surface area contributed by atoms with Gasteiger partial charge >= 0.3 is 5.97 Å². The number of ether oxygens (including phenoxy) is 1. The van der Waals surface area contributed by atoms with Crippen molar-refractivity contribution >= 4 is 33.9 Å². The zero-order chi connectivity index (χ0) is 18.4. The molecule has 8 heteroatoms. The van der Waals surface area contributed by atoms with Crippen molar-refractivity contribution in [1.29, 1.82) is 0 Å². The summed E-state index contributed by atoms with van der Waals surface area (Å²) < 4.78 is 32.8. The molecule has 0 radical (unpaired) electrons. The number of aldehydes is 1. The maximum absolute atomic E-state index is 12.7. The summed E-state index contributed by atoms with van der Waals surface area (Å²) >= 11 is 6.09. The van der Waals surface area contributed by atoms with Crippen LogP contribution in [0.25, 0.3) is 0 Å². The minimum absolute atomic E-state index is 0.0711. The summed E-state index contributed by atoms with van der Waals surface area (Å²) in [5, 5.41) is 0.0711. The third-order valence-corrected chi connectivity index (χ3v) is 6.39. The van der Waals surface area contributed by atoms with E-state index >= 15 is 0 Å². The van der Waals surface area contributed by atoms with Crippen molar-refractivity contribution in [3.63, 3.8) is 0 Å². The largest absolute Gasteiger partial charge is 0.469 e. The maximum atomic E-state index is 12.7. The highest BCUT2D eigenvalue weighted by molar-refractivity contribution is 7.89. The number of carbonyl (C=O) groups excluding carboxylic acids is 2. The highest BCUT2D eigenvalue weighted by Crippen LogP contribution is 2.29. The first-order chi connectivity index (χ1) is 11.9. The molecule has 25 heavy (non-hydrogen) atoms. The molecule has 0 amide bonds. The number of halogens is 1. The van der Waals surface area contributed by atoms with Crippen LogP contribution in [0, 0.1) is 0 Å². The Bertz CT molecular complexity index is 729. The van der Waals surface area contributed by atoms with Gasteiger partial charge in [-0.3, -0.25) is 4.79 Å². The van der Waals surface area contributed by atoms with E-state index in [2.05, 4.69) is 4.72 Å². The Hall–Kier alpha value is -1.44. The summed E-state index contributed by atoms with van der Waals surface area (Å²) in [6.07, 6.45) is 5.20. The minimum atomic E-state index is -3.82. The Labute approximate surface area is 152 Å². The summed E-state index contributed by atoms with van der Waals surface area (Å²) in [4.78, 5) is 22.7. The molecule has 1 aliphatic rings. The second-order valence-corrected chi connectivity index (χ2v) is 8.21. The van der Waals surface area contributed by atoms with Crippen molar-refractivity contribution in [2.24, 2.45) is 0 Å². The first-order valence-electron chi connectivity index (χ1n) is 8.22. The zero-order valence-corrected chi connectivity index (χ0v) is 15.6. The first-order valence-corrected chi connectivity index (χ1v) is 10.1. The van der Waals surface area contributed by atoms with Crippen LogP contribution >= 0.6 is 11.6 Å². The third kappa shape index (κ3) is 5.03. The molecule has 0 aliphatic heterocycles. The van der Waals surface area contributed by atoms with Crippen molar-refractivity contribution in [1.82, 2.24) is 4.72 Å². The summed E-state index contributed by atoms with van der Waals surface area (Å²) in [5.74, 6) is -1.46. The first kappa shape index (κ1) is 19.9. The average molecular weight is 388 g/mol. The molecule has 1 unspecified atom stereocenters. The van der Waals surface area contributed by atoms with Gasteiger partial charge in [0.1, 0.15) is 11.2 Å². The summed E-state index contributed by atoms with van der Waals surface area (Å²) in [7, 11) is -2.60. The molecular weight excluding hydrogens is 366 g/mol. The van der Waals surface area contributed by atoms with Crippen LogP contribution in [0.1, 0.15) is 50.0 Å². The van der Waals surface area contributed by atoms with Crippen molar-refractivity contribution < 1.29 is 22.7 Å². The number of sulfonamides is 1. The van der Waals surface area contributed by atoms with E-state index in [1.807, 2.05) is 0 Å². The van der Waals surface area contributed by atoms with Crippen molar-refractivity contribution in [3.8, 4) is 0 Å². The van der Waals surface area contributed by atoms with E-state index in [1.165, 1.54) is 25.3 Å². The number of esters is 1. The molecule has 0 spiro atoms. The van der Waals surface area contributed by atoms with Gasteiger partial charge in [-0.15, -0.1) is 0 Å². The van der Waals surface area contributed by atoms with Gasteiger partial charge in [-0.1, -0.05) is 36.9 Å². The van der Waals surface area contributed by atoms with Gasteiger partial charge in [-0.05, 0) is 30.5 Å². The van der Waals surface area contributed by atoms with E-state index in [4.69, 9.17) is 16.3 Å². The average Bonchev–Trinajstić information content (AvgIpc) is 2.60. The van der Waals surface area contributed by atoms with E-state index in [9.17, 15) is 18.0 Å². The molecule has 1 aromatic carbocycles. The fourth-order valence-electron chi connectivity index (χ4n) is 3.05. The van der Waals surface area contributed by atoms with Gasteiger partial charge < -0.3 is 9.53 Å². The fourth-order valence-corrected chi connectivity index (χ4v) is 4.89. The van der Waals surface area contributed by atoms with Crippen LogP contribution in [0.5, 0.6) is 0 Å². The molecule has 0 bridgehead atoms. The summed E-state index contributed by atoms with van der Waals surface area (Å²) in [6.45, 7) is 0. The summed E-state index contributed by atoms with van der Waals surface area (Å²) in [5.41, 5.74) is 0.382. The molecular formula is C17H22ClNO5S. The van der Waals surface area contributed by atoms with E-state index in [0.717, 1.165) is 32.1 Å². The fraction of sp³-hybridized carbons (Fsp3) is 0.529. The van der Waals surface area contributed by atoms with Crippen LogP contribution in [0.3, 0.4) is 0 Å². The monoisotopic (exact) mass is 387 g/mol. The van der Waals surface area contributed by atoms with Crippen LogP contribution in [-0.2, 0) is 24.3 Å². The SMILES string of the molecule is COC(=O)C(CC=O)c1ccc(Cl)c(S(=O)(=O)NC2CCCCC2)c1. The molecule has 1 N–H and O–H groups in total. The van der Waals surface area contributed by atoms with Gasteiger partial charge in [0.15, 0.2) is 0 Å². The number of hydrogen-bond donors (Lipinski definition) is 1. The highest BCUT2D eigenvalue weighted by Gasteiger charge is 2.27. The van der Waals surface area contributed by atoms with Crippen LogP contribution in [-0.4, -0.2) is 33.8 Å². The predicted molar refractivity (Wildman–Crippen MR) is 94.1 cm³/mol. The Morgan fingerprint density at radius 1 is 1.36 bits per heavy atom. The quantitative estimate of drug-likeness (QED) is 0.574. The second-order valence-electron chi connectivity index (χ2n) is 6.12. The Balaban J connectivity index is 2.33. The molecule has 0 saturated heterocycles. The topological polar surface area (TPSA) is 89.5 Å². The Morgan fingerprint density at radius 2 is 2.04 bits per heavy atom. The number of rotatable bonds is 7. The van der Waals surface area contributed by atoms with Crippen molar-refractivity contribution in [3.05, 3.63) is 28.8 Å². The molecule has 2 rings (SSSR count). The lowest BCUT2D eigenvalue weighted by Crippen LogP contribution is -2.36. The predicted octanol–water partition coefficient (Wildman–Crippen LogP) is 2.80. The summed E-state index contributed by atoms with van der Waals surface area (Å²) in [6, 6.07) is 4.20. The molecule has 1 aliphatic carbocycles. The molecule has 0 heterocycles. The van der Waals surface area contributed by atoms with Gasteiger partial charge in [0.05, 0.1) is 18.1 Å². The van der Waals surface area contributed by atoms with Gasteiger partial charge in [0.25, 0.3) is 0 Å². The van der Waals surface area contributed by atoms with Crippen LogP contribution < -0.4 is 4.72 Å². The third-order valence-electron chi connectivity index (χ3n) is 4.39. The van der Waals surface area contributed by atoms with E-state index < -0.39 is 21.9 Å². The molecule has 0 aromatic heterocycles. The minimum Gasteiger partial charge on any atom is -0.469 e. The molecule has 6 nitrogen and oxygen atoms in total. The molecule has 1 saturated carbocycles. The molecule has 1 atom stereocenters. The van der Waals surface area contributed by atoms with Gasteiger partial charge in [-0.25, -0.2) is 13.1 Å². The van der Waals surface area contributed by atoms with Gasteiger partial charge in [0.2, 0.25) is 10.0 Å². The smallest absolute Gasteiger partial charge is 0.313 e. The normalized spacial score (nSPS) is 17.0.